The number of hydrogen-bond acceptors (Lipinski definition) is 4. The van der Waals surface area contributed by atoms with E-state index in [1.807, 2.05) is 35.9 Å². The lowest BCUT2D eigenvalue weighted by atomic mass is 10.3. The molecule has 1 heterocycles. The van der Waals surface area contributed by atoms with Gasteiger partial charge in [0.1, 0.15) is 0 Å². The number of hydrogen-bond donors (Lipinski definition) is 1. The fourth-order valence-corrected chi connectivity index (χ4v) is 3.41. The lowest BCUT2D eigenvalue weighted by molar-refractivity contribution is -0.137. The summed E-state index contributed by atoms with van der Waals surface area (Å²) >= 11 is 5.05. The van der Waals surface area contributed by atoms with Gasteiger partial charge < -0.3 is 10.0 Å². The second-order valence-electron chi connectivity index (χ2n) is 4.85. The Hall–Kier alpha value is -0.920. The van der Waals surface area contributed by atoms with Crippen LogP contribution >= 0.6 is 27.3 Å². The lowest BCUT2D eigenvalue weighted by Gasteiger charge is -2.23. The molecule has 0 aliphatic rings. The fraction of sp³-hybridized carbons (Fsp3) is 0.571. The summed E-state index contributed by atoms with van der Waals surface area (Å²) in [5.41, 5.74) is 0. The van der Waals surface area contributed by atoms with Crippen molar-refractivity contribution in [2.24, 2.45) is 0 Å². The van der Waals surface area contributed by atoms with Gasteiger partial charge in [0.15, 0.2) is 0 Å². The molecule has 0 atom stereocenters. The smallest absolute Gasteiger partial charge is 0.303 e. The van der Waals surface area contributed by atoms with Crippen LogP contribution in [0.5, 0.6) is 0 Å². The number of carboxylic acids is 1. The van der Waals surface area contributed by atoms with Crippen molar-refractivity contribution < 1.29 is 14.7 Å². The quantitative estimate of drug-likeness (QED) is 0.719. The highest BCUT2D eigenvalue weighted by Gasteiger charge is 2.15. The summed E-state index contributed by atoms with van der Waals surface area (Å²) in [7, 11) is 1.84. The number of carbonyl (C=O) groups excluding carboxylic acids is 1. The molecule has 0 radical (unpaired) electrons. The van der Waals surface area contributed by atoms with E-state index in [-0.39, 0.29) is 12.3 Å². The summed E-state index contributed by atoms with van der Waals surface area (Å²) in [5.74, 6) is -0.729. The number of nitrogens with zero attached hydrogens (tertiary/aromatic N) is 2. The van der Waals surface area contributed by atoms with Crippen LogP contribution in [0.25, 0.3) is 0 Å². The average Bonchev–Trinajstić information content (AvgIpc) is 2.80. The minimum Gasteiger partial charge on any atom is -0.481 e. The molecule has 1 amide bonds. The number of carbonyl (C=O) groups is 2. The molecule has 0 aliphatic heterocycles. The zero-order valence-electron chi connectivity index (χ0n) is 12.3. The molecule has 0 spiro atoms. The zero-order chi connectivity index (χ0) is 15.8. The van der Waals surface area contributed by atoms with Crippen molar-refractivity contribution in [3.05, 3.63) is 20.8 Å². The summed E-state index contributed by atoms with van der Waals surface area (Å²) in [5, 5.41) is 8.60. The first-order chi connectivity index (χ1) is 9.92. The van der Waals surface area contributed by atoms with Crippen LogP contribution in [0.1, 0.15) is 24.6 Å². The fourth-order valence-electron chi connectivity index (χ4n) is 1.91. The first-order valence-corrected chi connectivity index (χ1v) is 8.45. The Morgan fingerprint density at radius 2 is 2.10 bits per heavy atom. The highest BCUT2D eigenvalue weighted by Crippen LogP contribution is 2.23. The van der Waals surface area contributed by atoms with Crippen LogP contribution < -0.4 is 0 Å². The monoisotopic (exact) mass is 376 g/mol. The van der Waals surface area contributed by atoms with E-state index in [4.69, 9.17) is 5.11 Å². The Balaban J connectivity index is 2.41. The van der Waals surface area contributed by atoms with Gasteiger partial charge in [-0.1, -0.05) is 0 Å². The molecular formula is C14H21BrN2O3S. The molecule has 1 rings (SSSR count). The first-order valence-electron chi connectivity index (χ1n) is 6.84. The van der Waals surface area contributed by atoms with E-state index in [1.54, 1.807) is 11.3 Å². The molecule has 1 N–H and O–H groups in total. The Morgan fingerprint density at radius 3 is 2.62 bits per heavy atom. The molecule has 0 saturated carbocycles. The molecule has 1 aromatic heterocycles. The molecule has 0 fully saturated rings. The number of thiophene rings is 1. The highest BCUT2D eigenvalue weighted by atomic mass is 79.9. The average molecular weight is 377 g/mol. The summed E-state index contributed by atoms with van der Waals surface area (Å²) in [6, 6.07) is 4.00. The van der Waals surface area contributed by atoms with Crippen molar-refractivity contribution in [1.82, 2.24) is 9.80 Å². The van der Waals surface area contributed by atoms with Gasteiger partial charge in [-0.05, 0) is 55.0 Å². The van der Waals surface area contributed by atoms with Gasteiger partial charge >= 0.3 is 5.97 Å². The van der Waals surface area contributed by atoms with Crippen LogP contribution in [0.3, 0.4) is 0 Å². The predicted octanol–water partition coefficient (Wildman–Crippen LogP) is 2.66. The second-order valence-corrected chi connectivity index (χ2v) is 7.40. The van der Waals surface area contributed by atoms with E-state index in [1.165, 1.54) is 0 Å². The zero-order valence-corrected chi connectivity index (χ0v) is 14.7. The Kier molecular flexibility index (Phi) is 7.92. The summed E-state index contributed by atoms with van der Waals surface area (Å²) in [4.78, 5) is 27.5. The molecule has 5 nitrogen and oxygen atoms in total. The molecule has 0 saturated heterocycles. The van der Waals surface area contributed by atoms with Gasteiger partial charge in [-0.3, -0.25) is 14.5 Å². The summed E-state index contributed by atoms with van der Waals surface area (Å²) in [6.45, 7) is 4.18. The Labute approximate surface area is 137 Å². The molecule has 0 aromatic carbocycles. The van der Waals surface area contributed by atoms with Crippen LogP contribution in [0.2, 0.25) is 0 Å². The number of aliphatic carboxylic acids is 1. The van der Waals surface area contributed by atoms with Crippen molar-refractivity contribution in [3.63, 3.8) is 0 Å². The van der Waals surface area contributed by atoms with Crippen molar-refractivity contribution in [3.8, 4) is 0 Å². The second kappa shape index (κ2) is 9.17. The van der Waals surface area contributed by atoms with Crippen LogP contribution in [-0.2, 0) is 16.1 Å². The lowest BCUT2D eigenvalue weighted by Crippen LogP contribution is -2.38. The summed E-state index contributed by atoms with van der Waals surface area (Å²) in [6.07, 6.45) is 0.697. The van der Waals surface area contributed by atoms with Gasteiger partial charge in [0, 0.05) is 17.8 Å². The standard InChI is InChI=1S/C14H21BrN2O3S/c1-3-17(9-11-6-7-12(15)21-11)13(18)10-16(2)8-4-5-14(19)20/h6-7H,3-5,8-10H2,1-2H3,(H,19,20). The molecule has 0 bridgehead atoms. The number of amides is 1. The third-order valence-corrected chi connectivity index (χ3v) is 4.65. The third kappa shape index (κ3) is 7.06. The molecule has 21 heavy (non-hydrogen) atoms. The predicted molar refractivity (Wildman–Crippen MR) is 87.5 cm³/mol. The maximum atomic E-state index is 12.3. The van der Waals surface area contributed by atoms with Crippen LogP contribution in [0.4, 0.5) is 0 Å². The van der Waals surface area contributed by atoms with Gasteiger partial charge in [0.25, 0.3) is 0 Å². The van der Waals surface area contributed by atoms with E-state index >= 15 is 0 Å². The van der Waals surface area contributed by atoms with E-state index in [2.05, 4.69) is 15.9 Å². The highest BCUT2D eigenvalue weighted by molar-refractivity contribution is 9.11. The Bertz CT molecular complexity index is 479. The largest absolute Gasteiger partial charge is 0.481 e. The minimum absolute atomic E-state index is 0.0693. The van der Waals surface area contributed by atoms with Gasteiger partial charge in [-0.15, -0.1) is 11.3 Å². The molecular weight excluding hydrogens is 356 g/mol. The maximum Gasteiger partial charge on any atom is 0.303 e. The number of halogens is 1. The van der Waals surface area contributed by atoms with E-state index < -0.39 is 5.97 Å². The molecule has 0 aliphatic carbocycles. The molecule has 0 unspecified atom stereocenters. The number of rotatable bonds is 9. The topological polar surface area (TPSA) is 60.9 Å². The van der Waals surface area contributed by atoms with Crippen molar-refractivity contribution >= 4 is 39.1 Å². The van der Waals surface area contributed by atoms with E-state index in [0.29, 0.717) is 32.6 Å². The van der Waals surface area contributed by atoms with Crippen LogP contribution in [0, 0.1) is 0 Å². The van der Waals surface area contributed by atoms with Gasteiger partial charge in [0.2, 0.25) is 5.91 Å². The van der Waals surface area contributed by atoms with Crippen molar-refractivity contribution in [2.75, 3.05) is 26.7 Å². The Morgan fingerprint density at radius 1 is 1.38 bits per heavy atom. The normalized spacial score (nSPS) is 10.9. The van der Waals surface area contributed by atoms with E-state index in [9.17, 15) is 9.59 Å². The first kappa shape index (κ1) is 18.1. The van der Waals surface area contributed by atoms with Crippen LogP contribution in [-0.4, -0.2) is 53.5 Å². The van der Waals surface area contributed by atoms with Crippen LogP contribution in [0.15, 0.2) is 15.9 Å². The van der Waals surface area contributed by atoms with Gasteiger partial charge in [-0.2, -0.15) is 0 Å². The summed E-state index contributed by atoms with van der Waals surface area (Å²) < 4.78 is 1.06. The molecule has 118 valence electrons. The molecule has 1 aromatic rings. The third-order valence-electron chi connectivity index (χ3n) is 3.05. The number of carboxylic acid groups (broad SMARTS) is 1. The van der Waals surface area contributed by atoms with E-state index in [0.717, 1.165) is 8.66 Å². The van der Waals surface area contributed by atoms with Gasteiger partial charge in [-0.25, -0.2) is 0 Å². The number of likely N-dealkylation sites (N-methyl/N-ethyl adjacent to an activating group) is 2. The van der Waals surface area contributed by atoms with Gasteiger partial charge in [0.05, 0.1) is 16.9 Å². The minimum atomic E-state index is -0.798. The SMILES string of the molecule is CCN(Cc1ccc(Br)s1)C(=O)CN(C)CCCC(=O)O. The van der Waals surface area contributed by atoms with Crippen molar-refractivity contribution in [2.45, 2.75) is 26.3 Å². The maximum absolute atomic E-state index is 12.3. The van der Waals surface area contributed by atoms with Crippen molar-refractivity contribution in [1.29, 1.82) is 0 Å². The molecule has 7 heteroatoms.